The number of hydrogen-bond acceptors (Lipinski definition) is 1. The highest BCUT2D eigenvalue weighted by Gasteiger charge is 2.47. The fraction of sp³-hybridized carbons (Fsp3) is 0.667. The van der Waals surface area contributed by atoms with E-state index in [0.717, 1.165) is 19.3 Å². The van der Waals surface area contributed by atoms with E-state index in [1.54, 1.807) is 0 Å². The molecule has 2 nitrogen and oxygen atoms in total. The number of carboxylic acids is 1. The molecule has 0 bridgehead atoms. The summed E-state index contributed by atoms with van der Waals surface area (Å²) < 4.78 is 0. The van der Waals surface area contributed by atoms with Crippen LogP contribution in [-0.4, -0.2) is 11.1 Å². The van der Waals surface area contributed by atoms with Gasteiger partial charge in [0.2, 0.25) is 0 Å². The minimum atomic E-state index is -0.744. The van der Waals surface area contributed by atoms with Crippen LogP contribution in [-0.2, 0) is 4.79 Å². The summed E-state index contributed by atoms with van der Waals surface area (Å²) in [7, 11) is 0. The van der Waals surface area contributed by atoms with Crippen molar-refractivity contribution in [2.24, 2.45) is 17.3 Å². The Labute approximate surface area is 103 Å². The first kappa shape index (κ1) is 12.4. The third-order valence-corrected chi connectivity index (χ3v) is 4.62. The minimum absolute atomic E-state index is 0.363. The Morgan fingerprint density at radius 2 is 2.18 bits per heavy atom. The molecule has 2 aliphatic carbocycles. The maximum atomic E-state index is 11.1. The molecule has 94 valence electrons. The molecule has 1 saturated carbocycles. The third kappa shape index (κ3) is 2.31. The number of fused-ring (bicyclic) bond motifs is 1. The van der Waals surface area contributed by atoms with Gasteiger partial charge in [0.15, 0.2) is 0 Å². The Morgan fingerprint density at radius 1 is 1.47 bits per heavy atom. The number of aliphatic carboxylic acids is 1. The molecule has 0 aromatic rings. The van der Waals surface area contributed by atoms with E-state index >= 15 is 0 Å². The summed E-state index contributed by atoms with van der Waals surface area (Å²) >= 11 is 0. The van der Waals surface area contributed by atoms with Crippen molar-refractivity contribution in [1.82, 2.24) is 0 Å². The predicted octanol–water partition coefficient (Wildman–Crippen LogP) is 3.79. The van der Waals surface area contributed by atoms with Crippen LogP contribution in [0.2, 0.25) is 0 Å². The first-order valence-electron chi connectivity index (χ1n) is 6.52. The summed E-state index contributed by atoms with van der Waals surface area (Å²) in [6.07, 6.45) is 6.62. The second-order valence-electron chi connectivity index (χ2n) is 6.18. The lowest BCUT2D eigenvalue weighted by molar-refractivity contribution is -0.133. The van der Waals surface area contributed by atoms with Gasteiger partial charge >= 0.3 is 5.97 Å². The van der Waals surface area contributed by atoms with E-state index in [2.05, 4.69) is 20.4 Å². The normalized spacial score (nSPS) is 35.4. The van der Waals surface area contributed by atoms with Gasteiger partial charge in [-0.3, -0.25) is 0 Å². The highest BCUT2D eigenvalue weighted by atomic mass is 16.4. The highest BCUT2D eigenvalue weighted by Crippen LogP contribution is 2.56. The second-order valence-corrected chi connectivity index (χ2v) is 6.18. The largest absolute Gasteiger partial charge is 0.478 e. The van der Waals surface area contributed by atoms with Crippen LogP contribution in [0.1, 0.15) is 46.0 Å². The number of carbonyl (C=O) groups is 1. The first-order valence-corrected chi connectivity index (χ1v) is 6.52. The molecule has 2 aliphatic rings. The van der Waals surface area contributed by atoms with Gasteiger partial charge in [0.05, 0.1) is 0 Å². The maximum absolute atomic E-state index is 11.1. The molecule has 0 heterocycles. The van der Waals surface area contributed by atoms with Gasteiger partial charge in [-0.25, -0.2) is 4.79 Å². The minimum Gasteiger partial charge on any atom is -0.478 e. The van der Waals surface area contributed by atoms with Crippen LogP contribution < -0.4 is 0 Å². The molecular weight excluding hydrogens is 212 g/mol. The molecule has 2 atom stereocenters. The van der Waals surface area contributed by atoms with Gasteiger partial charge in [-0.15, -0.1) is 0 Å². The predicted molar refractivity (Wildman–Crippen MR) is 68.7 cm³/mol. The van der Waals surface area contributed by atoms with E-state index in [-0.39, 0.29) is 0 Å². The molecule has 2 heteroatoms. The Kier molecular flexibility index (Phi) is 3.15. The second kappa shape index (κ2) is 4.32. The van der Waals surface area contributed by atoms with Crippen LogP contribution in [0.3, 0.4) is 0 Å². The topological polar surface area (TPSA) is 37.3 Å². The lowest BCUT2D eigenvalue weighted by atomic mass is 9.52. The number of allylic oxidation sites excluding steroid dienone is 2. The van der Waals surface area contributed by atoms with Gasteiger partial charge in [-0.2, -0.15) is 0 Å². The Balaban J connectivity index is 2.15. The van der Waals surface area contributed by atoms with Crippen molar-refractivity contribution in [2.75, 3.05) is 0 Å². The van der Waals surface area contributed by atoms with Gasteiger partial charge in [0.25, 0.3) is 0 Å². The highest BCUT2D eigenvalue weighted by molar-refractivity contribution is 5.86. The fourth-order valence-corrected chi connectivity index (χ4v) is 3.49. The summed E-state index contributed by atoms with van der Waals surface area (Å²) in [5.74, 6) is 0.508. The smallest absolute Gasteiger partial charge is 0.331 e. The van der Waals surface area contributed by atoms with Gasteiger partial charge in [-0.1, -0.05) is 32.1 Å². The monoisotopic (exact) mass is 234 g/mol. The van der Waals surface area contributed by atoms with E-state index < -0.39 is 5.97 Å². The molecule has 0 aromatic carbocycles. The molecule has 0 spiro atoms. The number of hydrogen-bond donors (Lipinski definition) is 1. The van der Waals surface area contributed by atoms with E-state index in [4.69, 9.17) is 5.11 Å². The maximum Gasteiger partial charge on any atom is 0.331 e. The summed E-state index contributed by atoms with van der Waals surface area (Å²) in [6, 6.07) is 0. The van der Waals surface area contributed by atoms with Crippen molar-refractivity contribution < 1.29 is 9.90 Å². The van der Waals surface area contributed by atoms with Crippen LogP contribution in [0.15, 0.2) is 23.8 Å². The summed E-state index contributed by atoms with van der Waals surface area (Å²) in [4.78, 5) is 11.1. The summed E-state index contributed by atoms with van der Waals surface area (Å²) in [6.45, 7) is 8.79. The van der Waals surface area contributed by atoms with Gasteiger partial charge in [-0.05, 0) is 49.4 Å². The van der Waals surface area contributed by atoms with Gasteiger partial charge in [0.1, 0.15) is 0 Å². The van der Waals surface area contributed by atoms with Crippen molar-refractivity contribution in [3.05, 3.63) is 23.8 Å². The number of rotatable bonds is 1. The molecule has 1 fully saturated rings. The summed E-state index contributed by atoms with van der Waals surface area (Å²) in [5, 5.41) is 9.12. The van der Waals surface area contributed by atoms with E-state index in [0.29, 0.717) is 29.2 Å². The van der Waals surface area contributed by atoms with Crippen LogP contribution in [0.25, 0.3) is 0 Å². The quantitative estimate of drug-likeness (QED) is 0.701. The van der Waals surface area contributed by atoms with E-state index in [1.807, 2.05) is 6.08 Å². The SMILES string of the molecule is C=C1CC/C=C(/C(=O)O)CC[C@@H]2[C@@H]1CC2(C)C. The Bertz CT molecular complexity index is 376. The van der Waals surface area contributed by atoms with Crippen LogP contribution in [0, 0.1) is 17.3 Å². The van der Waals surface area contributed by atoms with Crippen LogP contribution in [0.5, 0.6) is 0 Å². The lowest BCUT2D eigenvalue weighted by Crippen LogP contribution is -2.44. The average molecular weight is 234 g/mol. The summed E-state index contributed by atoms with van der Waals surface area (Å²) in [5.41, 5.74) is 2.29. The van der Waals surface area contributed by atoms with Crippen molar-refractivity contribution in [1.29, 1.82) is 0 Å². The average Bonchev–Trinajstić information content (AvgIpc) is 2.28. The van der Waals surface area contributed by atoms with Gasteiger partial charge < -0.3 is 5.11 Å². The molecule has 0 unspecified atom stereocenters. The molecular formula is C15H22O2. The number of carboxylic acid groups (broad SMARTS) is 1. The standard InChI is InChI=1S/C15H22O2/c1-10-5-4-6-11(14(16)17)7-8-13-12(10)9-15(13,2)3/h6,12-13H,1,4-5,7-9H2,2-3H3,(H,16,17)/b11-6+/t12-,13-/m1/s1. The zero-order valence-corrected chi connectivity index (χ0v) is 10.8. The molecule has 0 amide bonds. The van der Waals surface area contributed by atoms with Gasteiger partial charge in [0, 0.05) is 5.57 Å². The van der Waals surface area contributed by atoms with Crippen LogP contribution >= 0.6 is 0 Å². The molecule has 0 aromatic heterocycles. The zero-order valence-electron chi connectivity index (χ0n) is 10.8. The molecule has 0 saturated heterocycles. The lowest BCUT2D eigenvalue weighted by Gasteiger charge is -2.53. The molecule has 17 heavy (non-hydrogen) atoms. The fourth-order valence-electron chi connectivity index (χ4n) is 3.49. The van der Waals surface area contributed by atoms with E-state index in [9.17, 15) is 4.79 Å². The third-order valence-electron chi connectivity index (χ3n) is 4.62. The van der Waals surface area contributed by atoms with E-state index in [1.165, 1.54) is 12.0 Å². The van der Waals surface area contributed by atoms with Crippen molar-refractivity contribution in [3.8, 4) is 0 Å². The van der Waals surface area contributed by atoms with Crippen molar-refractivity contribution in [3.63, 3.8) is 0 Å². The Hall–Kier alpha value is -1.05. The molecule has 0 aliphatic heterocycles. The van der Waals surface area contributed by atoms with Crippen LogP contribution in [0.4, 0.5) is 0 Å². The Morgan fingerprint density at radius 3 is 2.76 bits per heavy atom. The molecule has 0 radical (unpaired) electrons. The molecule has 1 N–H and O–H groups in total. The first-order chi connectivity index (χ1) is 7.92. The zero-order chi connectivity index (χ0) is 12.6. The van der Waals surface area contributed by atoms with Crippen molar-refractivity contribution >= 4 is 5.97 Å². The molecule has 2 rings (SSSR count). The van der Waals surface area contributed by atoms with Crippen molar-refractivity contribution in [2.45, 2.75) is 46.0 Å².